The van der Waals surface area contributed by atoms with E-state index in [0.29, 0.717) is 32.7 Å². The van der Waals surface area contributed by atoms with Gasteiger partial charge in [0.15, 0.2) is 0 Å². The molecule has 0 bridgehead atoms. The van der Waals surface area contributed by atoms with Crippen LogP contribution < -0.4 is 5.73 Å². The highest BCUT2D eigenvalue weighted by Crippen LogP contribution is 2.02. The zero-order chi connectivity index (χ0) is 11.7. The van der Waals surface area contributed by atoms with E-state index in [-0.39, 0.29) is 11.8 Å². The van der Waals surface area contributed by atoms with Gasteiger partial charge in [-0.2, -0.15) is 5.26 Å². The van der Waals surface area contributed by atoms with Crippen LogP contribution in [0.4, 0.5) is 0 Å². The van der Waals surface area contributed by atoms with E-state index in [9.17, 15) is 4.79 Å². The number of nitriles is 1. The lowest BCUT2D eigenvalue weighted by Gasteiger charge is -2.24. The van der Waals surface area contributed by atoms with Gasteiger partial charge >= 0.3 is 0 Å². The van der Waals surface area contributed by atoms with Crippen molar-refractivity contribution >= 4 is 5.91 Å². The molecule has 5 nitrogen and oxygen atoms in total. The molecular formula is C10H19N3O2. The van der Waals surface area contributed by atoms with Crippen LogP contribution in [-0.4, -0.2) is 44.2 Å². The normalized spacial score (nSPS) is 11.9. The highest BCUT2D eigenvalue weighted by molar-refractivity contribution is 5.78. The summed E-state index contributed by atoms with van der Waals surface area (Å²) < 4.78 is 4.91. The van der Waals surface area contributed by atoms with Crippen LogP contribution in [0.3, 0.4) is 0 Å². The standard InChI is InChI=1S/C10H19N3O2/c1-9(8-12)10(14)13(5-3-4-11)6-7-15-2/h9H,3,5-8,12H2,1-2H3. The first-order valence-corrected chi connectivity index (χ1v) is 5.02. The summed E-state index contributed by atoms with van der Waals surface area (Å²) in [5.41, 5.74) is 5.42. The van der Waals surface area contributed by atoms with Crippen molar-refractivity contribution < 1.29 is 9.53 Å². The summed E-state index contributed by atoms with van der Waals surface area (Å²) in [4.78, 5) is 13.4. The summed E-state index contributed by atoms with van der Waals surface area (Å²) in [6.45, 7) is 3.56. The molecule has 1 unspecified atom stereocenters. The van der Waals surface area contributed by atoms with E-state index in [1.54, 1.807) is 18.9 Å². The lowest BCUT2D eigenvalue weighted by molar-refractivity contribution is -0.135. The second-order valence-corrected chi connectivity index (χ2v) is 3.36. The Morgan fingerprint density at radius 2 is 2.27 bits per heavy atom. The number of nitrogens with zero attached hydrogens (tertiary/aromatic N) is 2. The van der Waals surface area contributed by atoms with Gasteiger partial charge < -0.3 is 15.4 Å². The molecule has 0 rings (SSSR count). The molecule has 1 amide bonds. The average molecular weight is 213 g/mol. The van der Waals surface area contributed by atoms with Crippen LogP contribution in [-0.2, 0) is 9.53 Å². The maximum atomic E-state index is 11.8. The number of nitrogens with two attached hydrogens (primary N) is 1. The van der Waals surface area contributed by atoms with Crippen molar-refractivity contribution in [3.63, 3.8) is 0 Å². The van der Waals surface area contributed by atoms with Gasteiger partial charge in [-0.1, -0.05) is 6.92 Å². The average Bonchev–Trinajstić information content (AvgIpc) is 2.27. The summed E-state index contributed by atoms with van der Waals surface area (Å²) in [5.74, 6) is -0.203. The fraction of sp³-hybridized carbons (Fsp3) is 0.800. The quantitative estimate of drug-likeness (QED) is 0.644. The molecule has 0 heterocycles. The highest BCUT2D eigenvalue weighted by Gasteiger charge is 2.18. The molecular weight excluding hydrogens is 194 g/mol. The van der Waals surface area contributed by atoms with Crippen LogP contribution in [0.2, 0.25) is 0 Å². The number of hydrogen-bond acceptors (Lipinski definition) is 4. The van der Waals surface area contributed by atoms with Gasteiger partial charge in [0, 0.05) is 32.7 Å². The van der Waals surface area contributed by atoms with Gasteiger partial charge in [-0.25, -0.2) is 0 Å². The van der Waals surface area contributed by atoms with Crippen LogP contribution >= 0.6 is 0 Å². The molecule has 2 N–H and O–H groups in total. The molecule has 0 fully saturated rings. The number of carbonyl (C=O) groups is 1. The minimum absolute atomic E-state index is 0.00944. The second kappa shape index (κ2) is 8.21. The van der Waals surface area contributed by atoms with Gasteiger partial charge in [0.1, 0.15) is 0 Å². The predicted molar refractivity (Wildman–Crippen MR) is 56.9 cm³/mol. The lowest BCUT2D eigenvalue weighted by Crippen LogP contribution is -2.40. The first-order valence-electron chi connectivity index (χ1n) is 5.02. The Morgan fingerprint density at radius 3 is 2.73 bits per heavy atom. The van der Waals surface area contributed by atoms with Gasteiger partial charge in [0.25, 0.3) is 0 Å². The molecule has 0 aromatic heterocycles. The Labute approximate surface area is 90.8 Å². The summed E-state index contributed by atoms with van der Waals surface area (Å²) in [6, 6.07) is 2.02. The van der Waals surface area contributed by atoms with Crippen LogP contribution in [0, 0.1) is 17.2 Å². The molecule has 0 spiro atoms. The topological polar surface area (TPSA) is 79.3 Å². The first-order chi connectivity index (χ1) is 7.17. The molecule has 15 heavy (non-hydrogen) atoms. The first kappa shape index (κ1) is 13.9. The van der Waals surface area contributed by atoms with E-state index in [1.165, 1.54) is 0 Å². The summed E-state index contributed by atoms with van der Waals surface area (Å²) >= 11 is 0. The number of rotatable bonds is 7. The van der Waals surface area contributed by atoms with Gasteiger partial charge in [0.2, 0.25) is 5.91 Å². The number of amides is 1. The van der Waals surface area contributed by atoms with Gasteiger partial charge in [-0.3, -0.25) is 4.79 Å². The Hall–Kier alpha value is -1.12. The van der Waals surface area contributed by atoms with E-state index >= 15 is 0 Å². The minimum atomic E-state index is -0.194. The molecule has 0 saturated carbocycles. The van der Waals surface area contributed by atoms with E-state index in [1.807, 2.05) is 6.07 Å². The van der Waals surface area contributed by atoms with Crippen LogP contribution in [0.15, 0.2) is 0 Å². The van der Waals surface area contributed by atoms with E-state index in [0.717, 1.165) is 0 Å². The lowest BCUT2D eigenvalue weighted by atomic mass is 10.1. The van der Waals surface area contributed by atoms with E-state index < -0.39 is 0 Å². The van der Waals surface area contributed by atoms with Crippen molar-refractivity contribution in [3.05, 3.63) is 0 Å². The Bertz CT molecular complexity index is 225. The predicted octanol–water partition coefficient (Wildman–Crippen LogP) is -0.0301. The molecule has 5 heteroatoms. The maximum absolute atomic E-state index is 11.8. The molecule has 0 aliphatic heterocycles. The monoisotopic (exact) mass is 213 g/mol. The fourth-order valence-electron chi connectivity index (χ4n) is 1.13. The van der Waals surface area contributed by atoms with Crippen molar-refractivity contribution in [2.45, 2.75) is 13.3 Å². The van der Waals surface area contributed by atoms with Gasteiger partial charge in [-0.15, -0.1) is 0 Å². The molecule has 0 aromatic rings. The van der Waals surface area contributed by atoms with Crippen LogP contribution in [0.25, 0.3) is 0 Å². The molecule has 86 valence electrons. The van der Waals surface area contributed by atoms with Crippen molar-refractivity contribution in [2.75, 3.05) is 33.4 Å². The third kappa shape index (κ3) is 5.35. The summed E-state index contributed by atoms with van der Waals surface area (Å²) in [6.07, 6.45) is 0.340. The van der Waals surface area contributed by atoms with Gasteiger partial charge in [0.05, 0.1) is 19.1 Å². The molecule has 0 saturated heterocycles. The molecule has 0 aliphatic rings. The molecule has 0 aromatic carbocycles. The summed E-state index contributed by atoms with van der Waals surface area (Å²) in [7, 11) is 1.58. The third-order valence-corrected chi connectivity index (χ3v) is 2.15. The van der Waals surface area contributed by atoms with E-state index in [4.69, 9.17) is 15.7 Å². The second-order valence-electron chi connectivity index (χ2n) is 3.36. The number of hydrogen-bond donors (Lipinski definition) is 1. The molecule has 0 aliphatic carbocycles. The maximum Gasteiger partial charge on any atom is 0.226 e. The Balaban J connectivity index is 4.20. The Kier molecular flexibility index (Phi) is 7.60. The van der Waals surface area contributed by atoms with E-state index in [2.05, 4.69) is 0 Å². The Morgan fingerprint density at radius 1 is 1.60 bits per heavy atom. The van der Waals surface area contributed by atoms with Crippen molar-refractivity contribution in [1.82, 2.24) is 4.90 Å². The zero-order valence-electron chi connectivity index (χ0n) is 9.40. The third-order valence-electron chi connectivity index (χ3n) is 2.15. The number of methoxy groups -OCH3 is 1. The molecule has 0 radical (unpaired) electrons. The SMILES string of the molecule is COCCN(CCC#N)C(=O)C(C)CN. The number of carbonyl (C=O) groups excluding carboxylic acids is 1. The van der Waals surface area contributed by atoms with Gasteiger partial charge in [-0.05, 0) is 0 Å². The minimum Gasteiger partial charge on any atom is -0.383 e. The highest BCUT2D eigenvalue weighted by atomic mass is 16.5. The van der Waals surface area contributed by atoms with Crippen LogP contribution in [0.5, 0.6) is 0 Å². The smallest absolute Gasteiger partial charge is 0.226 e. The van der Waals surface area contributed by atoms with Crippen molar-refractivity contribution in [3.8, 4) is 6.07 Å². The van der Waals surface area contributed by atoms with Crippen molar-refractivity contribution in [1.29, 1.82) is 5.26 Å². The zero-order valence-corrected chi connectivity index (χ0v) is 9.40. The largest absolute Gasteiger partial charge is 0.383 e. The number of ether oxygens (including phenoxy) is 1. The molecule has 1 atom stereocenters. The van der Waals surface area contributed by atoms with Crippen molar-refractivity contribution in [2.24, 2.45) is 11.7 Å². The fourth-order valence-corrected chi connectivity index (χ4v) is 1.13. The van der Waals surface area contributed by atoms with Crippen LogP contribution in [0.1, 0.15) is 13.3 Å². The summed E-state index contributed by atoms with van der Waals surface area (Å²) in [5, 5.41) is 8.47.